The molecule has 1 heterocycles. The minimum absolute atomic E-state index is 0.00521. The molecule has 0 saturated heterocycles. The Balaban J connectivity index is 1.89. The van der Waals surface area contributed by atoms with Gasteiger partial charge in [0.05, 0.1) is 4.92 Å². The Morgan fingerprint density at radius 3 is 2.28 bits per heavy atom. The molecule has 1 aromatic heterocycles. The second-order valence-electron chi connectivity index (χ2n) is 6.72. The minimum Gasteiger partial charge on any atom is -0.434 e. The fourth-order valence-electron chi connectivity index (χ4n) is 2.65. The summed E-state index contributed by atoms with van der Waals surface area (Å²) < 4.78 is 5.66. The molecule has 8 nitrogen and oxygen atoms in total. The molecule has 0 unspecified atom stereocenters. The zero-order valence-electron chi connectivity index (χ0n) is 16.2. The number of ketones is 1. The number of benzene rings is 2. The molecule has 0 aliphatic rings. The highest BCUT2D eigenvalue weighted by Crippen LogP contribution is 2.35. The molecule has 29 heavy (non-hydrogen) atoms. The van der Waals surface area contributed by atoms with Crippen LogP contribution in [0.4, 0.5) is 17.2 Å². The van der Waals surface area contributed by atoms with Crippen molar-refractivity contribution in [2.24, 2.45) is 0 Å². The summed E-state index contributed by atoms with van der Waals surface area (Å²) in [5.41, 5.74) is 1.84. The quantitative estimate of drug-likeness (QED) is 0.332. The monoisotopic (exact) mass is 392 g/mol. The summed E-state index contributed by atoms with van der Waals surface area (Å²) in [7, 11) is 0. The van der Waals surface area contributed by atoms with Crippen molar-refractivity contribution in [3.8, 4) is 11.6 Å². The average Bonchev–Trinajstić information content (AvgIpc) is 2.68. The lowest BCUT2D eigenvalue weighted by molar-refractivity contribution is -0.385. The number of carbonyl (C=O) groups excluding carboxylic acids is 1. The number of Topliss-reactive ketones (excluding diaryl/α,β-unsaturated/α-hetero) is 1. The smallest absolute Gasteiger partial charge is 0.373 e. The third kappa shape index (κ3) is 4.73. The van der Waals surface area contributed by atoms with Crippen LogP contribution in [0.5, 0.6) is 11.6 Å². The number of hydrogen-bond acceptors (Lipinski definition) is 7. The number of aromatic nitrogens is 2. The molecule has 8 heteroatoms. The van der Waals surface area contributed by atoms with E-state index in [-0.39, 0.29) is 23.2 Å². The van der Waals surface area contributed by atoms with Crippen LogP contribution < -0.4 is 10.1 Å². The lowest BCUT2D eigenvalue weighted by Crippen LogP contribution is -2.04. The van der Waals surface area contributed by atoms with Crippen molar-refractivity contribution in [1.82, 2.24) is 9.97 Å². The zero-order chi connectivity index (χ0) is 21.0. The fourth-order valence-corrected chi connectivity index (χ4v) is 2.65. The molecule has 2 aromatic carbocycles. The topological polar surface area (TPSA) is 107 Å². The molecular weight excluding hydrogens is 372 g/mol. The highest BCUT2D eigenvalue weighted by atomic mass is 16.6. The van der Waals surface area contributed by atoms with Gasteiger partial charge < -0.3 is 10.1 Å². The van der Waals surface area contributed by atoms with Gasteiger partial charge in [0.25, 0.3) is 0 Å². The highest BCUT2D eigenvalue weighted by Gasteiger charge is 2.25. The van der Waals surface area contributed by atoms with Crippen LogP contribution in [0, 0.1) is 10.1 Å². The number of anilines is 2. The summed E-state index contributed by atoms with van der Waals surface area (Å²) >= 11 is 0. The Labute approximate surface area is 167 Å². The van der Waals surface area contributed by atoms with Gasteiger partial charge in [0.1, 0.15) is 12.1 Å². The molecule has 0 saturated carbocycles. The second kappa shape index (κ2) is 8.47. The van der Waals surface area contributed by atoms with E-state index < -0.39 is 4.92 Å². The van der Waals surface area contributed by atoms with Crippen LogP contribution in [0.2, 0.25) is 0 Å². The maximum absolute atomic E-state index is 11.7. The van der Waals surface area contributed by atoms with Crippen LogP contribution >= 0.6 is 0 Å². The first-order valence-electron chi connectivity index (χ1n) is 9.00. The molecule has 1 N–H and O–H groups in total. The number of ether oxygens (including phenoxy) is 1. The molecule has 0 amide bonds. The van der Waals surface area contributed by atoms with Gasteiger partial charge in [-0.25, -0.2) is 4.98 Å². The molecular formula is C21H20N4O4. The van der Waals surface area contributed by atoms with Gasteiger partial charge in [-0.2, -0.15) is 4.98 Å². The number of nitro groups is 1. The van der Waals surface area contributed by atoms with Crippen LogP contribution in [0.15, 0.2) is 54.9 Å². The maximum Gasteiger partial charge on any atom is 0.373 e. The Hall–Kier alpha value is -3.81. The van der Waals surface area contributed by atoms with E-state index in [2.05, 4.69) is 29.1 Å². The molecule has 3 rings (SSSR count). The van der Waals surface area contributed by atoms with Crippen LogP contribution in [0.1, 0.15) is 42.6 Å². The molecule has 0 spiro atoms. The Bertz CT molecular complexity index is 1030. The molecule has 148 valence electrons. The lowest BCUT2D eigenvalue weighted by Gasteiger charge is -2.10. The number of carbonyl (C=O) groups is 1. The van der Waals surface area contributed by atoms with E-state index in [1.165, 1.54) is 13.3 Å². The summed E-state index contributed by atoms with van der Waals surface area (Å²) in [4.78, 5) is 30.4. The van der Waals surface area contributed by atoms with Crippen molar-refractivity contribution in [2.75, 3.05) is 5.32 Å². The Morgan fingerprint density at radius 1 is 1.07 bits per heavy atom. The number of hydrogen-bond donors (Lipinski definition) is 1. The molecule has 3 aromatic rings. The van der Waals surface area contributed by atoms with Gasteiger partial charge in [0.2, 0.25) is 5.82 Å². The van der Waals surface area contributed by atoms with E-state index >= 15 is 0 Å². The molecule has 0 radical (unpaired) electrons. The van der Waals surface area contributed by atoms with Gasteiger partial charge in [-0.05, 0) is 54.8 Å². The number of nitrogens with one attached hydrogen (secondary N) is 1. The second-order valence-corrected chi connectivity index (χ2v) is 6.72. The van der Waals surface area contributed by atoms with E-state index in [0.717, 1.165) is 5.56 Å². The fraction of sp³-hybridized carbons (Fsp3) is 0.190. The van der Waals surface area contributed by atoms with Crippen molar-refractivity contribution in [2.45, 2.75) is 26.7 Å². The molecule has 0 bridgehead atoms. The first-order valence-corrected chi connectivity index (χ1v) is 9.00. The normalized spacial score (nSPS) is 10.6. The SMILES string of the molecule is CC(=O)c1ccc(Nc2ncnc(Oc3ccc(C(C)C)cc3)c2[N+](=O)[O-])cc1. The van der Waals surface area contributed by atoms with Gasteiger partial charge in [0, 0.05) is 11.3 Å². The number of rotatable bonds is 7. The van der Waals surface area contributed by atoms with Gasteiger partial charge in [0.15, 0.2) is 5.78 Å². The average molecular weight is 392 g/mol. The van der Waals surface area contributed by atoms with Crippen molar-refractivity contribution < 1.29 is 14.5 Å². The van der Waals surface area contributed by atoms with Gasteiger partial charge >= 0.3 is 11.6 Å². The summed E-state index contributed by atoms with van der Waals surface area (Å²) in [6.07, 6.45) is 1.19. The van der Waals surface area contributed by atoms with E-state index in [9.17, 15) is 14.9 Å². The maximum atomic E-state index is 11.7. The van der Waals surface area contributed by atoms with Crippen LogP contribution in [0.3, 0.4) is 0 Å². The van der Waals surface area contributed by atoms with Crippen molar-refractivity contribution >= 4 is 23.0 Å². The summed E-state index contributed by atoms with van der Waals surface area (Å²) in [6.45, 7) is 5.62. The third-order valence-corrected chi connectivity index (χ3v) is 4.29. The number of nitrogens with zero attached hydrogens (tertiary/aromatic N) is 3. The summed E-state index contributed by atoms with van der Waals surface area (Å²) in [5.74, 6) is 0.568. The van der Waals surface area contributed by atoms with E-state index in [0.29, 0.717) is 22.9 Å². The zero-order valence-corrected chi connectivity index (χ0v) is 16.2. The lowest BCUT2D eigenvalue weighted by atomic mass is 10.0. The highest BCUT2D eigenvalue weighted by molar-refractivity contribution is 5.94. The molecule has 0 fully saturated rings. The van der Waals surface area contributed by atoms with E-state index in [1.54, 1.807) is 36.4 Å². The summed E-state index contributed by atoms with van der Waals surface area (Å²) in [5, 5.41) is 14.6. The van der Waals surface area contributed by atoms with Crippen LogP contribution in [-0.2, 0) is 0 Å². The molecule has 0 atom stereocenters. The Morgan fingerprint density at radius 2 is 1.72 bits per heavy atom. The summed E-state index contributed by atoms with van der Waals surface area (Å²) in [6, 6.07) is 13.9. The predicted molar refractivity (Wildman–Crippen MR) is 109 cm³/mol. The van der Waals surface area contributed by atoms with E-state index in [1.807, 2.05) is 12.1 Å². The molecule has 0 aliphatic heterocycles. The first kappa shape index (κ1) is 19.9. The Kier molecular flexibility index (Phi) is 5.82. The predicted octanol–water partition coefficient (Wildman–Crippen LogP) is 5.25. The van der Waals surface area contributed by atoms with Crippen LogP contribution in [0.25, 0.3) is 0 Å². The standard InChI is InChI=1S/C21H20N4O4/c1-13(2)15-6-10-18(11-7-15)29-21-19(25(27)28)20(22-12-23-21)24-17-8-4-16(5-9-17)14(3)26/h4-13H,1-3H3,(H,22,23,24). The van der Waals surface area contributed by atoms with Gasteiger partial charge in [-0.15, -0.1) is 0 Å². The van der Waals surface area contributed by atoms with Crippen molar-refractivity contribution in [1.29, 1.82) is 0 Å². The van der Waals surface area contributed by atoms with Crippen molar-refractivity contribution in [3.05, 3.63) is 76.1 Å². The van der Waals surface area contributed by atoms with Gasteiger partial charge in [-0.3, -0.25) is 14.9 Å². The van der Waals surface area contributed by atoms with Crippen LogP contribution in [-0.4, -0.2) is 20.7 Å². The first-order chi connectivity index (χ1) is 13.8. The largest absolute Gasteiger partial charge is 0.434 e. The van der Waals surface area contributed by atoms with Gasteiger partial charge in [-0.1, -0.05) is 26.0 Å². The van der Waals surface area contributed by atoms with E-state index in [4.69, 9.17) is 4.74 Å². The third-order valence-electron chi connectivity index (χ3n) is 4.29. The minimum atomic E-state index is -0.593. The van der Waals surface area contributed by atoms with Crippen molar-refractivity contribution in [3.63, 3.8) is 0 Å². The molecule has 0 aliphatic carbocycles.